The van der Waals surface area contributed by atoms with E-state index in [0.717, 1.165) is 0 Å². The number of rotatable bonds is 0. The van der Waals surface area contributed by atoms with Crippen LogP contribution in [-0.4, -0.2) is 16.1 Å². The fourth-order valence-electron chi connectivity index (χ4n) is 0.606. The lowest BCUT2D eigenvalue weighted by molar-refractivity contribution is -0.130. The Morgan fingerprint density at radius 2 is 2.33 bits per heavy atom. The van der Waals surface area contributed by atoms with Gasteiger partial charge in [-0.2, -0.15) is 0 Å². The van der Waals surface area contributed by atoms with Gasteiger partial charge in [-0.15, -0.1) is 0 Å². The number of aromatic nitrogens is 1. The molecule has 0 amide bonds. The van der Waals surface area contributed by atoms with Gasteiger partial charge in [0.15, 0.2) is 0 Å². The molecule has 0 bridgehead atoms. The summed E-state index contributed by atoms with van der Waals surface area (Å²) in [7, 11) is 0. The van der Waals surface area contributed by atoms with Crippen LogP contribution in [0.15, 0.2) is 18.5 Å². The molecule has 0 aliphatic rings. The molecule has 3 nitrogen and oxygen atoms in total. The summed E-state index contributed by atoms with van der Waals surface area (Å²) in [5.74, 6) is 3.17. The molecule has 1 aromatic rings. The van der Waals surface area contributed by atoms with Crippen molar-refractivity contribution < 1.29 is 9.90 Å². The molecule has 0 aromatic carbocycles. The minimum absolute atomic E-state index is 0.437. The van der Waals surface area contributed by atoms with E-state index < -0.39 is 5.97 Å². The smallest absolute Gasteiger partial charge is 0.382 e. The molecule has 0 aliphatic carbocycles. The monoisotopic (exact) mass is 181 g/mol. The summed E-state index contributed by atoms with van der Waals surface area (Å²) in [6.07, 6.45) is 2.90. The first-order valence-corrected chi connectivity index (χ1v) is 3.42. The maximum atomic E-state index is 10.0. The lowest BCUT2D eigenvalue weighted by Crippen LogP contribution is -1.87. The van der Waals surface area contributed by atoms with Gasteiger partial charge in [-0.3, -0.25) is 4.98 Å². The van der Waals surface area contributed by atoms with Crippen molar-refractivity contribution in [3.63, 3.8) is 0 Å². The molecule has 0 atom stereocenters. The van der Waals surface area contributed by atoms with Gasteiger partial charge in [-0.05, 0) is 6.07 Å². The van der Waals surface area contributed by atoms with Crippen LogP contribution in [-0.2, 0) is 4.79 Å². The fourth-order valence-corrected chi connectivity index (χ4v) is 0.780. The van der Waals surface area contributed by atoms with E-state index in [9.17, 15) is 4.79 Å². The van der Waals surface area contributed by atoms with Crippen molar-refractivity contribution in [3.05, 3.63) is 29.0 Å². The summed E-state index contributed by atoms with van der Waals surface area (Å²) >= 11 is 5.58. The Bertz CT molecular complexity index is 365. The van der Waals surface area contributed by atoms with Gasteiger partial charge >= 0.3 is 5.97 Å². The third kappa shape index (κ3) is 2.60. The second-order valence-electron chi connectivity index (χ2n) is 1.95. The molecule has 0 saturated heterocycles. The Kier molecular flexibility index (Phi) is 2.67. The lowest BCUT2D eigenvalue weighted by atomic mass is 10.3. The average molecular weight is 182 g/mol. The Morgan fingerprint density at radius 3 is 2.92 bits per heavy atom. The van der Waals surface area contributed by atoms with Gasteiger partial charge in [-0.25, -0.2) is 4.79 Å². The summed E-state index contributed by atoms with van der Waals surface area (Å²) in [5, 5.41) is 8.65. The van der Waals surface area contributed by atoms with Crippen LogP contribution in [0.1, 0.15) is 5.56 Å². The molecule has 0 radical (unpaired) electrons. The highest BCUT2D eigenvalue weighted by Gasteiger charge is 1.90. The number of carboxylic acids is 1. The van der Waals surface area contributed by atoms with E-state index in [0.29, 0.717) is 10.6 Å². The molecule has 0 saturated carbocycles. The predicted molar refractivity (Wildman–Crippen MR) is 43.8 cm³/mol. The van der Waals surface area contributed by atoms with Gasteiger partial charge in [0.2, 0.25) is 0 Å². The predicted octanol–water partition coefficient (Wildman–Crippen LogP) is 1.17. The van der Waals surface area contributed by atoms with Crippen LogP contribution < -0.4 is 0 Å². The largest absolute Gasteiger partial charge is 0.472 e. The maximum Gasteiger partial charge on any atom is 0.382 e. The van der Waals surface area contributed by atoms with Crippen molar-refractivity contribution in [2.45, 2.75) is 0 Å². The van der Waals surface area contributed by atoms with E-state index in [2.05, 4.69) is 10.9 Å². The Labute approximate surface area is 74.0 Å². The highest BCUT2D eigenvalue weighted by Crippen LogP contribution is 2.06. The molecule has 12 heavy (non-hydrogen) atoms. The van der Waals surface area contributed by atoms with Crippen molar-refractivity contribution in [1.82, 2.24) is 4.98 Å². The SMILES string of the molecule is O=C(O)C#Cc1cncc(Cl)c1. The van der Waals surface area contributed by atoms with Crippen LogP contribution in [0.4, 0.5) is 0 Å². The topological polar surface area (TPSA) is 50.2 Å². The van der Waals surface area contributed by atoms with Crippen molar-refractivity contribution in [2.75, 3.05) is 0 Å². The lowest BCUT2D eigenvalue weighted by Gasteiger charge is -1.88. The first-order valence-electron chi connectivity index (χ1n) is 3.04. The summed E-state index contributed by atoms with van der Waals surface area (Å²) in [4.78, 5) is 13.8. The third-order valence-corrected chi connectivity index (χ3v) is 1.23. The number of hydrogen-bond donors (Lipinski definition) is 1. The van der Waals surface area contributed by atoms with Crippen LogP contribution in [0.25, 0.3) is 0 Å². The van der Waals surface area contributed by atoms with Crippen molar-refractivity contribution in [1.29, 1.82) is 0 Å². The molecule has 1 aromatic heterocycles. The van der Waals surface area contributed by atoms with E-state index in [1.54, 1.807) is 6.07 Å². The van der Waals surface area contributed by atoms with Crippen LogP contribution in [0.2, 0.25) is 5.02 Å². The van der Waals surface area contributed by atoms with Crippen molar-refractivity contribution in [2.24, 2.45) is 0 Å². The molecule has 1 heterocycles. The molecule has 0 fully saturated rings. The Balaban J connectivity index is 2.92. The average Bonchev–Trinajstić information content (AvgIpc) is 2.01. The number of carboxylic acid groups (broad SMARTS) is 1. The highest BCUT2D eigenvalue weighted by atomic mass is 35.5. The van der Waals surface area contributed by atoms with Crippen molar-refractivity contribution in [3.8, 4) is 11.8 Å². The first-order chi connectivity index (χ1) is 5.68. The van der Waals surface area contributed by atoms with E-state index in [1.165, 1.54) is 12.4 Å². The number of carbonyl (C=O) groups is 1. The van der Waals surface area contributed by atoms with E-state index in [-0.39, 0.29) is 0 Å². The molecular weight excluding hydrogens is 178 g/mol. The molecular formula is C8H4ClNO2. The van der Waals surface area contributed by atoms with Gasteiger partial charge in [-0.1, -0.05) is 17.5 Å². The normalized spacial score (nSPS) is 8.42. The summed E-state index contributed by atoms with van der Waals surface area (Å²) in [6.45, 7) is 0. The zero-order chi connectivity index (χ0) is 8.97. The summed E-state index contributed by atoms with van der Waals surface area (Å²) in [6, 6.07) is 1.55. The minimum Gasteiger partial charge on any atom is -0.472 e. The van der Waals surface area contributed by atoms with Gasteiger partial charge < -0.3 is 5.11 Å². The third-order valence-electron chi connectivity index (χ3n) is 1.02. The minimum atomic E-state index is -1.17. The molecule has 1 rings (SSSR count). The zero-order valence-electron chi connectivity index (χ0n) is 5.91. The van der Waals surface area contributed by atoms with Crippen LogP contribution >= 0.6 is 11.6 Å². The number of aliphatic carboxylic acids is 1. The second kappa shape index (κ2) is 3.74. The van der Waals surface area contributed by atoms with E-state index in [1.807, 2.05) is 5.92 Å². The van der Waals surface area contributed by atoms with Crippen molar-refractivity contribution >= 4 is 17.6 Å². The standard InChI is InChI=1S/C8H4ClNO2/c9-7-3-6(4-10-5-7)1-2-8(11)12/h3-5H,(H,11,12). The maximum absolute atomic E-state index is 10.0. The molecule has 4 heteroatoms. The Hall–Kier alpha value is -1.53. The molecule has 60 valence electrons. The van der Waals surface area contributed by atoms with Crippen LogP contribution in [0.5, 0.6) is 0 Å². The van der Waals surface area contributed by atoms with Gasteiger partial charge in [0, 0.05) is 23.9 Å². The number of nitrogens with zero attached hydrogens (tertiary/aromatic N) is 1. The number of halogens is 1. The first kappa shape index (κ1) is 8.57. The van der Waals surface area contributed by atoms with E-state index in [4.69, 9.17) is 16.7 Å². The Morgan fingerprint density at radius 1 is 1.58 bits per heavy atom. The molecule has 0 aliphatic heterocycles. The van der Waals surface area contributed by atoms with Gasteiger partial charge in [0.05, 0.1) is 5.02 Å². The molecule has 1 N–H and O–H groups in total. The molecule has 0 unspecified atom stereocenters. The quantitative estimate of drug-likeness (QED) is 0.612. The van der Waals surface area contributed by atoms with Crippen LogP contribution in [0, 0.1) is 11.8 Å². The van der Waals surface area contributed by atoms with Crippen LogP contribution in [0.3, 0.4) is 0 Å². The second-order valence-corrected chi connectivity index (χ2v) is 2.38. The zero-order valence-corrected chi connectivity index (χ0v) is 6.67. The van der Waals surface area contributed by atoms with Gasteiger partial charge in [0.1, 0.15) is 0 Å². The highest BCUT2D eigenvalue weighted by molar-refractivity contribution is 6.30. The number of hydrogen-bond acceptors (Lipinski definition) is 2. The molecule has 0 spiro atoms. The fraction of sp³-hybridized carbons (Fsp3) is 0. The summed E-state index contributed by atoms with van der Waals surface area (Å²) in [5.41, 5.74) is 0.491. The summed E-state index contributed by atoms with van der Waals surface area (Å²) < 4.78 is 0. The van der Waals surface area contributed by atoms with Gasteiger partial charge in [0.25, 0.3) is 0 Å². The van der Waals surface area contributed by atoms with E-state index >= 15 is 0 Å². The number of pyridine rings is 1.